The number of nitrogens with zero attached hydrogens (tertiary/aromatic N) is 1. The van der Waals surface area contributed by atoms with E-state index in [1.807, 2.05) is 12.1 Å². The molecule has 0 bridgehead atoms. The molecular formula is C14H7ClN2O3S2. The Kier molecular flexibility index (Phi) is 3.21. The number of aromatic nitrogens is 1. The zero-order chi connectivity index (χ0) is 15.3. The second kappa shape index (κ2) is 5.12. The van der Waals surface area contributed by atoms with Crippen molar-refractivity contribution in [3.05, 3.63) is 33.8 Å². The Hall–Kier alpha value is -1.83. The van der Waals surface area contributed by atoms with Crippen LogP contribution in [0, 0.1) is 0 Å². The number of benzene rings is 1. The van der Waals surface area contributed by atoms with Crippen molar-refractivity contribution in [2.24, 2.45) is 0 Å². The fraction of sp³-hybridized carbons (Fsp3) is 0.0714. The van der Waals surface area contributed by atoms with Crippen LogP contribution < -0.4 is 14.8 Å². The maximum Gasteiger partial charge on any atom is 0.263 e. The lowest BCUT2D eigenvalue weighted by Gasteiger charge is -2.04. The maximum atomic E-state index is 11.7. The largest absolute Gasteiger partial charge is 0.454 e. The molecule has 1 aromatic carbocycles. The van der Waals surface area contributed by atoms with Crippen molar-refractivity contribution >= 4 is 62.8 Å². The Balaban J connectivity index is 1.83. The molecule has 1 aromatic heterocycles. The smallest absolute Gasteiger partial charge is 0.263 e. The molecule has 0 unspecified atom stereocenters. The molecule has 0 aliphatic carbocycles. The van der Waals surface area contributed by atoms with E-state index in [1.165, 1.54) is 11.8 Å². The molecule has 4 rings (SSSR count). The Morgan fingerprint density at radius 3 is 2.82 bits per heavy atom. The van der Waals surface area contributed by atoms with Crippen LogP contribution in [0.4, 0.5) is 0 Å². The van der Waals surface area contributed by atoms with E-state index < -0.39 is 0 Å². The van der Waals surface area contributed by atoms with E-state index in [-0.39, 0.29) is 12.7 Å². The Bertz CT molecular complexity index is 882. The third-order valence-corrected chi connectivity index (χ3v) is 4.68. The van der Waals surface area contributed by atoms with Crippen LogP contribution in [0.1, 0.15) is 5.56 Å². The lowest BCUT2D eigenvalue weighted by Crippen LogP contribution is -2.17. The number of hydrogen-bond acceptors (Lipinski definition) is 6. The molecule has 1 amide bonds. The van der Waals surface area contributed by atoms with Crippen molar-refractivity contribution in [3.8, 4) is 11.5 Å². The Labute approximate surface area is 139 Å². The van der Waals surface area contributed by atoms with E-state index in [1.54, 1.807) is 12.1 Å². The van der Waals surface area contributed by atoms with Gasteiger partial charge in [-0.1, -0.05) is 35.6 Å². The van der Waals surface area contributed by atoms with Gasteiger partial charge in [0.05, 0.1) is 10.4 Å². The highest BCUT2D eigenvalue weighted by Gasteiger charge is 2.23. The normalized spacial score (nSPS) is 18.3. The molecule has 8 heteroatoms. The average Bonchev–Trinajstić information content (AvgIpc) is 3.03. The van der Waals surface area contributed by atoms with Gasteiger partial charge in [0, 0.05) is 17.0 Å². The van der Waals surface area contributed by atoms with Gasteiger partial charge in [0.2, 0.25) is 6.79 Å². The summed E-state index contributed by atoms with van der Waals surface area (Å²) in [6, 6.07) is 5.48. The van der Waals surface area contributed by atoms with Crippen molar-refractivity contribution in [3.63, 3.8) is 0 Å². The molecule has 1 N–H and O–H groups in total. The average molecular weight is 351 g/mol. The predicted octanol–water partition coefficient (Wildman–Crippen LogP) is 3.11. The zero-order valence-corrected chi connectivity index (χ0v) is 13.3. The monoisotopic (exact) mass is 350 g/mol. The highest BCUT2D eigenvalue weighted by molar-refractivity contribution is 8.26. The number of carbonyl (C=O) groups excluding carboxylic acids is 1. The fourth-order valence-electron chi connectivity index (χ4n) is 2.22. The third kappa shape index (κ3) is 2.31. The lowest BCUT2D eigenvalue weighted by atomic mass is 10.1. The number of carbonyl (C=O) groups is 1. The van der Waals surface area contributed by atoms with Crippen LogP contribution in [0.5, 0.6) is 11.5 Å². The summed E-state index contributed by atoms with van der Waals surface area (Å²) in [6.07, 6.45) is 1.68. The van der Waals surface area contributed by atoms with E-state index >= 15 is 0 Å². The maximum absolute atomic E-state index is 11.7. The first kappa shape index (κ1) is 13.8. The van der Waals surface area contributed by atoms with Gasteiger partial charge in [0.25, 0.3) is 5.91 Å². The number of thioether (sulfide) groups is 1. The van der Waals surface area contributed by atoms with Crippen LogP contribution in [0.3, 0.4) is 0 Å². The molecule has 22 heavy (non-hydrogen) atoms. The summed E-state index contributed by atoms with van der Waals surface area (Å²) in [4.78, 5) is 16.6. The molecule has 0 radical (unpaired) electrons. The van der Waals surface area contributed by atoms with Gasteiger partial charge in [-0.05, 0) is 18.2 Å². The summed E-state index contributed by atoms with van der Waals surface area (Å²) in [5.74, 6) is 1.10. The van der Waals surface area contributed by atoms with E-state index in [0.29, 0.717) is 37.0 Å². The first-order chi connectivity index (χ1) is 10.6. The number of nitrogens with one attached hydrogen (secondary N) is 1. The number of hydrogen-bond donors (Lipinski definition) is 1. The van der Waals surface area contributed by atoms with Crippen molar-refractivity contribution in [2.75, 3.05) is 6.79 Å². The van der Waals surface area contributed by atoms with Crippen molar-refractivity contribution in [2.45, 2.75) is 0 Å². The summed E-state index contributed by atoms with van der Waals surface area (Å²) < 4.78 is 11.1. The van der Waals surface area contributed by atoms with Gasteiger partial charge in [-0.25, -0.2) is 4.98 Å². The molecule has 3 heterocycles. The third-order valence-electron chi connectivity index (χ3n) is 3.22. The summed E-state index contributed by atoms with van der Waals surface area (Å²) in [5.41, 5.74) is 1.35. The quantitative estimate of drug-likeness (QED) is 0.484. The first-order valence-electron chi connectivity index (χ1n) is 6.25. The van der Waals surface area contributed by atoms with Crippen LogP contribution in [0.25, 0.3) is 17.0 Å². The van der Waals surface area contributed by atoms with Crippen LogP contribution in [0.2, 0.25) is 5.15 Å². The van der Waals surface area contributed by atoms with Crippen LogP contribution >= 0.6 is 35.6 Å². The van der Waals surface area contributed by atoms with Crippen molar-refractivity contribution in [1.82, 2.24) is 10.3 Å². The van der Waals surface area contributed by atoms with Gasteiger partial charge in [0.1, 0.15) is 9.47 Å². The van der Waals surface area contributed by atoms with Gasteiger partial charge in [-0.2, -0.15) is 0 Å². The highest BCUT2D eigenvalue weighted by Crippen LogP contribution is 2.37. The van der Waals surface area contributed by atoms with Crippen LogP contribution in [-0.4, -0.2) is 22.0 Å². The number of halogens is 1. The zero-order valence-electron chi connectivity index (χ0n) is 10.9. The molecule has 5 nitrogen and oxygen atoms in total. The summed E-state index contributed by atoms with van der Waals surface area (Å²) in [5, 5.41) is 3.73. The molecule has 0 spiro atoms. The summed E-state index contributed by atoms with van der Waals surface area (Å²) >= 11 is 12.4. The number of amides is 1. The second-order valence-corrected chi connectivity index (χ2v) is 6.70. The number of fused-ring (bicyclic) bond motifs is 2. The van der Waals surface area contributed by atoms with Crippen LogP contribution in [0.15, 0.2) is 23.1 Å². The van der Waals surface area contributed by atoms with E-state index in [0.717, 1.165) is 5.39 Å². The van der Waals surface area contributed by atoms with E-state index in [9.17, 15) is 4.79 Å². The van der Waals surface area contributed by atoms with Gasteiger partial charge in [0.15, 0.2) is 11.5 Å². The minimum atomic E-state index is -0.225. The van der Waals surface area contributed by atoms with Gasteiger partial charge in [-0.15, -0.1) is 0 Å². The molecule has 2 aliphatic heterocycles. The summed E-state index contributed by atoms with van der Waals surface area (Å²) in [7, 11) is 0. The topological polar surface area (TPSA) is 60.5 Å². The molecule has 2 aromatic rings. The SMILES string of the molecule is O=C1NC(=S)S/C1=C\c1cc2cc3c(cc2nc1Cl)OCO3. The standard InChI is InChI=1S/C14H7ClN2O3S2/c15-12-7(3-11-13(18)17-14(21)22-11)1-6-2-9-10(20-5-19-9)4-8(6)16-12/h1-4H,5H2,(H,17,18,21)/b11-3-. The molecule has 1 fully saturated rings. The minimum absolute atomic E-state index is 0.199. The predicted molar refractivity (Wildman–Crippen MR) is 89.2 cm³/mol. The van der Waals surface area contributed by atoms with Gasteiger partial charge < -0.3 is 14.8 Å². The van der Waals surface area contributed by atoms with Crippen LogP contribution in [-0.2, 0) is 4.79 Å². The van der Waals surface area contributed by atoms with Gasteiger partial charge >= 0.3 is 0 Å². The number of thiocarbonyl (C=S) groups is 1. The number of pyridine rings is 1. The highest BCUT2D eigenvalue weighted by atomic mass is 35.5. The number of rotatable bonds is 1. The number of ether oxygens (including phenoxy) is 2. The fourth-order valence-corrected chi connectivity index (χ4v) is 3.46. The molecule has 1 saturated heterocycles. The summed E-state index contributed by atoms with van der Waals surface area (Å²) in [6.45, 7) is 0.199. The van der Waals surface area contributed by atoms with E-state index in [2.05, 4.69) is 10.3 Å². The molecule has 110 valence electrons. The Morgan fingerprint density at radius 1 is 1.32 bits per heavy atom. The van der Waals surface area contributed by atoms with Crippen molar-refractivity contribution < 1.29 is 14.3 Å². The lowest BCUT2D eigenvalue weighted by molar-refractivity contribution is -0.115. The Morgan fingerprint density at radius 2 is 2.09 bits per heavy atom. The van der Waals surface area contributed by atoms with E-state index in [4.69, 9.17) is 33.3 Å². The molecule has 0 saturated carbocycles. The molecule has 2 aliphatic rings. The first-order valence-corrected chi connectivity index (χ1v) is 7.85. The minimum Gasteiger partial charge on any atom is -0.454 e. The van der Waals surface area contributed by atoms with Gasteiger partial charge in [-0.3, -0.25) is 4.79 Å². The second-order valence-electron chi connectivity index (χ2n) is 4.62. The van der Waals surface area contributed by atoms with Crippen molar-refractivity contribution in [1.29, 1.82) is 0 Å². The molecular weight excluding hydrogens is 344 g/mol. The molecule has 0 atom stereocenters.